The van der Waals surface area contributed by atoms with Gasteiger partial charge in [-0.25, -0.2) is 9.97 Å². The van der Waals surface area contributed by atoms with Crippen LogP contribution in [0.3, 0.4) is 0 Å². The van der Waals surface area contributed by atoms with Gasteiger partial charge in [0.15, 0.2) is 0 Å². The molecule has 5 rings (SSSR count). The molecule has 1 aromatic heterocycles. The first-order valence-corrected chi connectivity index (χ1v) is 12.8. The van der Waals surface area contributed by atoms with Crippen molar-refractivity contribution in [2.24, 2.45) is 5.92 Å². The molecule has 4 atom stereocenters. The molecule has 34 heavy (non-hydrogen) atoms. The van der Waals surface area contributed by atoms with Gasteiger partial charge >= 0.3 is 0 Å². The van der Waals surface area contributed by atoms with Crippen LogP contribution in [0.25, 0.3) is 0 Å². The van der Waals surface area contributed by atoms with Gasteiger partial charge in [-0.1, -0.05) is 37.3 Å². The second-order valence-electron chi connectivity index (χ2n) is 10.3. The molecule has 2 saturated heterocycles. The van der Waals surface area contributed by atoms with E-state index in [0.717, 1.165) is 63.4 Å². The van der Waals surface area contributed by atoms with Gasteiger partial charge in [-0.05, 0) is 50.9 Å². The van der Waals surface area contributed by atoms with Crippen LogP contribution in [0.2, 0.25) is 0 Å². The lowest BCUT2D eigenvalue weighted by Gasteiger charge is -2.43. The summed E-state index contributed by atoms with van der Waals surface area (Å²) in [5.41, 5.74) is 3.41. The van der Waals surface area contributed by atoms with Crippen LogP contribution in [0.1, 0.15) is 67.8 Å². The molecule has 0 saturated carbocycles. The van der Waals surface area contributed by atoms with Gasteiger partial charge in [-0.15, -0.1) is 0 Å². The Morgan fingerprint density at radius 2 is 1.85 bits per heavy atom. The van der Waals surface area contributed by atoms with E-state index in [1.54, 1.807) is 0 Å². The fourth-order valence-corrected chi connectivity index (χ4v) is 5.85. The highest BCUT2D eigenvalue weighted by atomic mass is 16.5. The van der Waals surface area contributed by atoms with E-state index in [1.807, 2.05) is 12.3 Å². The summed E-state index contributed by atoms with van der Waals surface area (Å²) in [7, 11) is 2.16. The van der Waals surface area contributed by atoms with Gasteiger partial charge in [0.05, 0.1) is 11.7 Å². The molecule has 1 N–H and O–H groups in total. The number of benzene rings is 1. The van der Waals surface area contributed by atoms with Crippen molar-refractivity contribution in [3.63, 3.8) is 0 Å². The molecular weight excluding hydrogens is 426 g/mol. The summed E-state index contributed by atoms with van der Waals surface area (Å²) in [5.74, 6) is 1.36. The molecule has 3 aliphatic rings. The van der Waals surface area contributed by atoms with E-state index >= 15 is 0 Å². The number of likely N-dealkylation sites (N-methyl/N-ethyl adjacent to an activating group) is 1. The molecule has 0 unspecified atom stereocenters. The Labute approximate surface area is 202 Å². The van der Waals surface area contributed by atoms with Crippen LogP contribution >= 0.6 is 0 Å². The quantitative estimate of drug-likeness (QED) is 0.744. The number of hydrogen-bond donors (Lipinski definition) is 1. The largest absolute Gasteiger partial charge is 0.381 e. The Bertz CT molecular complexity index is 994. The number of piperidine rings is 1. The second-order valence-corrected chi connectivity index (χ2v) is 10.3. The number of anilines is 1. The molecule has 0 radical (unpaired) electrons. The summed E-state index contributed by atoms with van der Waals surface area (Å²) < 4.78 is 5.48. The fourth-order valence-electron chi connectivity index (χ4n) is 5.85. The first kappa shape index (κ1) is 23.2. The number of ether oxygens (including phenoxy) is 1. The van der Waals surface area contributed by atoms with Gasteiger partial charge in [-0.2, -0.15) is 0 Å². The summed E-state index contributed by atoms with van der Waals surface area (Å²) in [6, 6.07) is 10.8. The number of fused-ring (bicyclic) bond motifs is 1. The predicted octanol–water partition coefficient (Wildman–Crippen LogP) is 3.81. The maximum Gasteiger partial charge on any atom is 0.226 e. The number of likely N-dealkylation sites (tertiary alicyclic amines) is 1. The summed E-state index contributed by atoms with van der Waals surface area (Å²) in [6.45, 7) is 8.45. The molecule has 1 aromatic carbocycles. The van der Waals surface area contributed by atoms with E-state index in [0.29, 0.717) is 12.0 Å². The fraction of sp³-hybridized carbons (Fsp3) is 0.593. The molecule has 7 heteroatoms. The maximum absolute atomic E-state index is 14.0. The maximum atomic E-state index is 14.0. The van der Waals surface area contributed by atoms with E-state index in [1.165, 1.54) is 5.56 Å². The van der Waals surface area contributed by atoms with E-state index in [4.69, 9.17) is 9.72 Å². The van der Waals surface area contributed by atoms with E-state index < -0.39 is 0 Å². The first-order valence-electron chi connectivity index (χ1n) is 12.8. The summed E-state index contributed by atoms with van der Waals surface area (Å²) in [6.07, 6.45) is 4.79. The van der Waals surface area contributed by atoms with Gasteiger partial charge in [0, 0.05) is 56.3 Å². The van der Waals surface area contributed by atoms with Crippen molar-refractivity contribution in [2.75, 3.05) is 45.2 Å². The van der Waals surface area contributed by atoms with Gasteiger partial charge in [-0.3, -0.25) is 4.79 Å². The first-order chi connectivity index (χ1) is 16.5. The summed E-state index contributed by atoms with van der Waals surface area (Å²) >= 11 is 0. The minimum absolute atomic E-state index is 0.00327. The zero-order chi connectivity index (χ0) is 23.7. The van der Waals surface area contributed by atoms with Crippen molar-refractivity contribution >= 4 is 11.9 Å². The minimum atomic E-state index is -0.0620. The number of amides is 1. The van der Waals surface area contributed by atoms with Gasteiger partial charge in [0.25, 0.3) is 0 Å². The lowest BCUT2D eigenvalue weighted by molar-refractivity contribution is -0.141. The summed E-state index contributed by atoms with van der Waals surface area (Å²) in [4.78, 5) is 28.0. The minimum Gasteiger partial charge on any atom is -0.381 e. The zero-order valence-corrected chi connectivity index (χ0v) is 20.6. The SMILES string of the molecule is C[C@@H]1c2nc(NC3CCOCC3)ncc2[C@@H](C)CN1C(=O)[C@H]1CCN(C)C[C@@H]1c1ccccc1. The molecular formula is C27H37N5O2. The molecule has 0 bridgehead atoms. The third-order valence-electron chi connectivity index (χ3n) is 7.91. The number of hydrogen-bond acceptors (Lipinski definition) is 6. The molecule has 4 heterocycles. The highest BCUT2D eigenvalue weighted by Crippen LogP contribution is 2.39. The van der Waals surface area contributed by atoms with Crippen LogP contribution in [-0.4, -0.2) is 71.6 Å². The van der Waals surface area contributed by atoms with Crippen molar-refractivity contribution in [3.8, 4) is 0 Å². The average molecular weight is 464 g/mol. The van der Waals surface area contributed by atoms with E-state index in [-0.39, 0.29) is 29.7 Å². The third-order valence-corrected chi connectivity index (χ3v) is 7.91. The Morgan fingerprint density at radius 3 is 2.62 bits per heavy atom. The third kappa shape index (κ3) is 4.68. The number of carbonyl (C=O) groups excluding carboxylic acids is 1. The van der Waals surface area contributed by atoms with Gasteiger partial charge in [0.2, 0.25) is 11.9 Å². The normalized spacial score (nSPS) is 28.4. The van der Waals surface area contributed by atoms with Crippen LogP contribution in [0.15, 0.2) is 36.5 Å². The van der Waals surface area contributed by atoms with E-state index in [9.17, 15) is 4.79 Å². The molecule has 1 amide bonds. The number of aromatic nitrogens is 2. The number of rotatable bonds is 4. The molecule has 182 valence electrons. The van der Waals surface area contributed by atoms with Crippen LogP contribution in [-0.2, 0) is 9.53 Å². The van der Waals surface area contributed by atoms with Crippen molar-refractivity contribution in [2.45, 2.75) is 57.0 Å². The van der Waals surface area contributed by atoms with Crippen molar-refractivity contribution in [1.29, 1.82) is 0 Å². The Hall–Kier alpha value is -2.51. The smallest absolute Gasteiger partial charge is 0.226 e. The van der Waals surface area contributed by atoms with Crippen LogP contribution < -0.4 is 5.32 Å². The lowest BCUT2D eigenvalue weighted by Crippen LogP contribution is -2.49. The molecule has 7 nitrogen and oxygen atoms in total. The monoisotopic (exact) mass is 463 g/mol. The van der Waals surface area contributed by atoms with Crippen LogP contribution in [0, 0.1) is 5.92 Å². The Kier molecular flexibility index (Phi) is 6.84. The number of nitrogens with one attached hydrogen (secondary N) is 1. The van der Waals surface area contributed by atoms with Gasteiger partial charge in [0.1, 0.15) is 0 Å². The molecule has 0 spiro atoms. The highest BCUT2D eigenvalue weighted by Gasteiger charge is 2.41. The molecule has 0 aliphatic carbocycles. The molecule has 3 aliphatic heterocycles. The Morgan fingerprint density at radius 1 is 1.09 bits per heavy atom. The summed E-state index contributed by atoms with van der Waals surface area (Å²) in [5, 5.41) is 3.50. The topological polar surface area (TPSA) is 70.6 Å². The van der Waals surface area contributed by atoms with Crippen molar-refractivity contribution in [3.05, 3.63) is 53.3 Å². The second kappa shape index (κ2) is 10.0. The average Bonchev–Trinajstić information content (AvgIpc) is 2.87. The van der Waals surface area contributed by atoms with Crippen LogP contribution in [0.5, 0.6) is 0 Å². The van der Waals surface area contributed by atoms with E-state index in [2.05, 4.69) is 65.3 Å². The number of carbonyl (C=O) groups is 1. The standard InChI is InChI=1S/C27H37N5O2/c1-18-16-32(26(33)22-9-12-31(3)17-24(22)20-7-5-4-6-8-20)19(2)25-23(18)15-28-27(30-25)29-21-10-13-34-14-11-21/h4-8,15,18-19,21-22,24H,9-14,16-17H2,1-3H3,(H,28,29,30)/t18-,19+,22-,24+/m0/s1. The molecule has 2 fully saturated rings. The predicted molar refractivity (Wildman–Crippen MR) is 133 cm³/mol. The number of nitrogens with zero attached hydrogens (tertiary/aromatic N) is 4. The van der Waals surface area contributed by atoms with Crippen LogP contribution in [0.4, 0.5) is 5.95 Å². The van der Waals surface area contributed by atoms with Crippen molar-refractivity contribution < 1.29 is 9.53 Å². The highest BCUT2D eigenvalue weighted by molar-refractivity contribution is 5.81. The Balaban J connectivity index is 1.38. The van der Waals surface area contributed by atoms with Gasteiger partial charge < -0.3 is 19.9 Å². The zero-order valence-electron chi connectivity index (χ0n) is 20.6. The lowest BCUT2D eigenvalue weighted by atomic mass is 9.79. The molecule has 2 aromatic rings. The van der Waals surface area contributed by atoms with Crippen molar-refractivity contribution in [1.82, 2.24) is 19.8 Å².